The van der Waals surface area contributed by atoms with Gasteiger partial charge in [-0.25, -0.2) is 9.37 Å². The van der Waals surface area contributed by atoms with E-state index in [0.717, 1.165) is 7.11 Å². The summed E-state index contributed by atoms with van der Waals surface area (Å²) in [5, 5.41) is 0. The molecule has 0 saturated heterocycles. The number of methoxy groups -OCH3 is 1. The van der Waals surface area contributed by atoms with Crippen molar-refractivity contribution in [3.05, 3.63) is 45.9 Å². The van der Waals surface area contributed by atoms with Crippen molar-refractivity contribution in [2.24, 2.45) is 5.73 Å². The van der Waals surface area contributed by atoms with Crippen LogP contribution in [0.1, 0.15) is 16.1 Å². The molecule has 0 radical (unpaired) electrons. The number of ether oxygens (including phenoxy) is 1. The number of carbonyl (C=O) groups excluding carboxylic acids is 1. The Kier molecular flexibility index (Phi) is 4.60. The molecule has 1 amide bonds. The molecule has 1 aromatic heterocycles. The van der Waals surface area contributed by atoms with Crippen LogP contribution in [0.15, 0.2) is 28.9 Å². The van der Waals surface area contributed by atoms with Gasteiger partial charge in [0.1, 0.15) is 4.60 Å². The van der Waals surface area contributed by atoms with Gasteiger partial charge >= 0.3 is 6.18 Å². The highest BCUT2D eigenvalue weighted by atomic mass is 79.9. The predicted molar refractivity (Wildman–Crippen MR) is 77.4 cm³/mol. The summed E-state index contributed by atoms with van der Waals surface area (Å²) in [6, 6.07) is 5.43. The molecule has 1 aromatic carbocycles. The van der Waals surface area contributed by atoms with Crippen LogP contribution in [0.2, 0.25) is 0 Å². The number of nitrogens with zero attached hydrogens (tertiary/aromatic N) is 1. The van der Waals surface area contributed by atoms with Crippen molar-refractivity contribution in [1.29, 1.82) is 0 Å². The van der Waals surface area contributed by atoms with Crippen LogP contribution in [-0.4, -0.2) is 18.0 Å². The average molecular weight is 393 g/mol. The first-order valence-corrected chi connectivity index (χ1v) is 6.87. The van der Waals surface area contributed by atoms with E-state index >= 15 is 0 Å². The van der Waals surface area contributed by atoms with Gasteiger partial charge in [-0.3, -0.25) is 4.79 Å². The zero-order valence-electron chi connectivity index (χ0n) is 11.5. The van der Waals surface area contributed by atoms with E-state index in [9.17, 15) is 22.4 Å². The summed E-state index contributed by atoms with van der Waals surface area (Å²) in [6.07, 6.45) is -4.88. The zero-order valence-corrected chi connectivity index (χ0v) is 13.1. The number of carbonyl (C=O) groups is 1. The topological polar surface area (TPSA) is 65.2 Å². The number of hydrogen-bond acceptors (Lipinski definition) is 3. The fourth-order valence-corrected chi connectivity index (χ4v) is 2.44. The maximum Gasteiger partial charge on any atom is 0.437 e. The van der Waals surface area contributed by atoms with Gasteiger partial charge in [-0.05, 0) is 22.0 Å². The van der Waals surface area contributed by atoms with Gasteiger partial charge in [-0.1, -0.05) is 18.2 Å². The second-order valence-corrected chi connectivity index (χ2v) is 5.13. The molecule has 0 unspecified atom stereocenters. The quantitative estimate of drug-likeness (QED) is 0.638. The fraction of sp³-hybridized carbons (Fsp3) is 0.143. The largest absolute Gasteiger partial charge is 0.494 e. The number of hydrogen-bond donors (Lipinski definition) is 1. The monoisotopic (exact) mass is 392 g/mol. The number of rotatable bonds is 3. The molecule has 0 bridgehead atoms. The summed E-state index contributed by atoms with van der Waals surface area (Å²) < 4.78 is 57.9. The molecular formula is C14H9BrF4N2O2. The van der Waals surface area contributed by atoms with Crippen molar-refractivity contribution in [3.8, 4) is 16.9 Å². The predicted octanol–water partition coefficient (Wildman–Crippen LogP) is 3.78. The number of halogens is 5. The van der Waals surface area contributed by atoms with Gasteiger partial charge in [-0.2, -0.15) is 13.2 Å². The van der Waals surface area contributed by atoms with E-state index in [-0.39, 0.29) is 11.1 Å². The first-order valence-electron chi connectivity index (χ1n) is 6.07. The highest BCUT2D eigenvalue weighted by Gasteiger charge is 2.40. The summed E-state index contributed by atoms with van der Waals surface area (Å²) in [5.41, 5.74) is 2.98. The Balaban J connectivity index is 2.93. The molecule has 0 aliphatic carbocycles. The van der Waals surface area contributed by atoms with E-state index in [1.165, 1.54) is 24.3 Å². The highest BCUT2D eigenvalue weighted by Crippen LogP contribution is 2.44. The average Bonchev–Trinajstić information content (AvgIpc) is 2.48. The Morgan fingerprint density at radius 2 is 1.91 bits per heavy atom. The third kappa shape index (κ3) is 3.14. The number of nitrogens with two attached hydrogens (primary N) is 1. The molecule has 0 fully saturated rings. The third-order valence-corrected chi connectivity index (χ3v) is 3.51. The molecule has 9 heteroatoms. The number of amides is 1. The van der Waals surface area contributed by atoms with Crippen molar-refractivity contribution in [2.75, 3.05) is 7.11 Å². The Labute approximate surface area is 136 Å². The summed E-state index contributed by atoms with van der Waals surface area (Å²) in [5.74, 6) is -2.83. The maximum absolute atomic E-state index is 14.4. The van der Waals surface area contributed by atoms with Crippen molar-refractivity contribution in [3.63, 3.8) is 0 Å². The van der Waals surface area contributed by atoms with Gasteiger partial charge in [0.05, 0.1) is 12.7 Å². The second kappa shape index (κ2) is 6.15. The highest BCUT2D eigenvalue weighted by molar-refractivity contribution is 9.10. The summed E-state index contributed by atoms with van der Waals surface area (Å²) in [4.78, 5) is 14.6. The van der Waals surface area contributed by atoms with Gasteiger partial charge in [0.2, 0.25) is 5.91 Å². The smallest absolute Gasteiger partial charge is 0.437 e. The molecule has 4 nitrogen and oxygen atoms in total. The van der Waals surface area contributed by atoms with E-state index in [1.807, 2.05) is 0 Å². The third-order valence-electron chi connectivity index (χ3n) is 2.99. The minimum atomic E-state index is -4.88. The molecule has 2 N–H and O–H groups in total. The van der Waals surface area contributed by atoms with Gasteiger partial charge < -0.3 is 10.5 Å². The van der Waals surface area contributed by atoms with E-state index < -0.39 is 39.5 Å². The molecule has 2 rings (SSSR count). The Morgan fingerprint density at radius 3 is 2.43 bits per heavy atom. The van der Waals surface area contributed by atoms with Crippen LogP contribution in [-0.2, 0) is 6.18 Å². The summed E-state index contributed by atoms with van der Waals surface area (Å²) in [6.45, 7) is 0. The molecule has 23 heavy (non-hydrogen) atoms. The van der Waals surface area contributed by atoms with Crippen molar-refractivity contribution >= 4 is 21.8 Å². The minimum absolute atomic E-state index is 0.122. The van der Waals surface area contributed by atoms with Gasteiger partial charge in [0.25, 0.3) is 0 Å². The van der Waals surface area contributed by atoms with E-state index in [4.69, 9.17) is 10.5 Å². The molecule has 0 aliphatic heterocycles. The first-order chi connectivity index (χ1) is 10.7. The SMILES string of the molecule is COc1c(C(F)(F)F)nc(Br)c(F)c1-c1ccccc1C(N)=O. The molecule has 0 aliphatic rings. The minimum Gasteiger partial charge on any atom is -0.494 e. The van der Waals surface area contributed by atoms with Crippen molar-refractivity contribution in [2.45, 2.75) is 6.18 Å². The molecule has 0 spiro atoms. The van der Waals surface area contributed by atoms with Crippen LogP contribution in [0.3, 0.4) is 0 Å². The molecular weight excluding hydrogens is 384 g/mol. The van der Waals surface area contributed by atoms with Gasteiger partial charge in [-0.15, -0.1) is 0 Å². The van der Waals surface area contributed by atoms with Crippen LogP contribution in [0.5, 0.6) is 5.75 Å². The number of aromatic nitrogens is 1. The molecule has 2 aromatic rings. The first kappa shape index (κ1) is 17.2. The number of alkyl halides is 3. The van der Waals surface area contributed by atoms with Gasteiger partial charge in [0, 0.05) is 11.1 Å². The molecule has 0 atom stereocenters. The zero-order chi connectivity index (χ0) is 17.4. The number of primary amides is 1. The second-order valence-electron chi connectivity index (χ2n) is 4.38. The Morgan fingerprint density at radius 1 is 1.30 bits per heavy atom. The lowest BCUT2D eigenvalue weighted by Crippen LogP contribution is -2.15. The Bertz CT molecular complexity index is 778. The van der Waals surface area contributed by atoms with Crippen LogP contribution in [0.25, 0.3) is 11.1 Å². The van der Waals surface area contributed by atoms with Gasteiger partial charge in [0.15, 0.2) is 17.3 Å². The maximum atomic E-state index is 14.4. The van der Waals surface area contributed by atoms with Crippen LogP contribution < -0.4 is 10.5 Å². The summed E-state index contributed by atoms with van der Waals surface area (Å²) >= 11 is 2.65. The molecule has 1 heterocycles. The van der Waals surface area contributed by atoms with Crippen molar-refractivity contribution < 1.29 is 27.1 Å². The van der Waals surface area contributed by atoms with E-state index in [0.29, 0.717) is 0 Å². The number of pyridine rings is 1. The standard InChI is InChI=1S/C14H9BrF4N2O2/c1-23-10-8(6-4-2-3-5-7(6)13(20)22)9(16)12(15)21-11(10)14(17,18)19/h2-5H,1H3,(H2,20,22). The molecule has 122 valence electrons. The molecule has 0 saturated carbocycles. The van der Waals surface area contributed by atoms with Crippen LogP contribution in [0, 0.1) is 5.82 Å². The normalized spacial score (nSPS) is 11.4. The number of benzene rings is 1. The lowest BCUT2D eigenvalue weighted by Gasteiger charge is -2.17. The fourth-order valence-electron chi connectivity index (χ4n) is 2.07. The van der Waals surface area contributed by atoms with Crippen LogP contribution in [0.4, 0.5) is 17.6 Å². The van der Waals surface area contributed by atoms with E-state index in [1.54, 1.807) is 0 Å². The van der Waals surface area contributed by atoms with Crippen molar-refractivity contribution in [1.82, 2.24) is 4.98 Å². The lowest BCUT2D eigenvalue weighted by molar-refractivity contribution is -0.142. The lowest BCUT2D eigenvalue weighted by atomic mass is 9.98. The van der Waals surface area contributed by atoms with E-state index in [2.05, 4.69) is 20.9 Å². The van der Waals surface area contributed by atoms with Crippen LogP contribution >= 0.6 is 15.9 Å². The summed E-state index contributed by atoms with van der Waals surface area (Å²) in [7, 11) is 0.954. The Hall–Kier alpha value is -2.16.